The van der Waals surface area contributed by atoms with Gasteiger partial charge in [0.2, 0.25) is 0 Å². The summed E-state index contributed by atoms with van der Waals surface area (Å²) in [7, 11) is 0. The first-order valence-electron chi connectivity index (χ1n) is 4.46. The van der Waals surface area contributed by atoms with Crippen molar-refractivity contribution >= 4 is 22.5 Å². The van der Waals surface area contributed by atoms with E-state index in [0.717, 1.165) is 16.5 Å². The number of aliphatic hydroxyl groups excluding tert-OH is 1. The van der Waals surface area contributed by atoms with Gasteiger partial charge in [0, 0.05) is 12.0 Å². The molecule has 1 aromatic heterocycles. The van der Waals surface area contributed by atoms with Crippen molar-refractivity contribution < 1.29 is 5.11 Å². The molecule has 2 nitrogen and oxygen atoms in total. The van der Waals surface area contributed by atoms with E-state index in [1.807, 2.05) is 30.3 Å². The zero-order valence-electron chi connectivity index (χ0n) is 7.57. The van der Waals surface area contributed by atoms with E-state index in [1.54, 1.807) is 0 Å². The molecule has 0 spiro atoms. The molecule has 0 aliphatic heterocycles. The van der Waals surface area contributed by atoms with E-state index < -0.39 is 0 Å². The maximum Gasteiger partial charge on any atom is 0.133 e. The average molecular weight is 208 g/mol. The maximum atomic E-state index is 8.83. The fourth-order valence-corrected chi connectivity index (χ4v) is 1.67. The van der Waals surface area contributed by atoms with E-state index in [2.05, 4.69) is 4.98 Å². The molecule has 0 aliphatic carbocycles. The van der Waals surface area contributed by atoms with Crippen LogP contribution in [0.1, 0.15) is 5.56 Å². The lowest BCUT2D eigenvalue weighted by atomic mass is 10.1. The van der Waals surface area contributed by atoms with Crippen molar-refractivity contribution in [3.8, 4) is 0 Å². The van der Waals surface area contributed by atoms with Gasteiger partial charge in [-0.3, -0.25) is 0 Å². The van der Waals surface area contributed by atoms with Gasteiger partial charge in [-0.25, -0.2) is 4.98 Å². The van der Waals surface area contributed by atoms with Crippen LogP contribution in [0.3, 0.4) is 0 Å². The number of halogens is 1. The molecule has 2 rings (SSSR count). The van der Waals surface area contributed by atoms with E-state index in [1.165, 1.54) is 0 Å². The lowest BCUT2D eigenvalue weighted by molar-refractivity contribution is 0.299. The highest BCUT2D eigenvalue weighted by molar-refractivity contribution is 6.30. The SMILES string of the molecule is OCCc1cc2ccccc2nc1Cl. The number of hydrogen-bond acceptors (Lipinski definition) is 2. The van der Waals surface area contributed by atoms with Gasteiger partial charge in [0.1, 0.15) is 5.15 Å². The summed E-state index contributed by atoms with van der Waals surface area (Å²) >= 11 is 5.96. The molecule has 14 heavy (non-hydrogen) atoms. The van der Waals surface area contributed by atoms with E-state index in [4.69, 9.17) is 16.7 Å². The second kappa shape index (κ2) is 3.95. The molecule has 0 aliphatic rings. The predicted molar refractivity (Wildman–Crippen MR) is 57.5 cm³/mol. The maximum absolute atomic E-state index is 8.83. The highest BCUT2D eigenvalue weighted by atomic mass is 35.5. The van der Waals surface area contributed by atoms with E-state index in [0.29, 0.717) is 11.6 Å². The van der Waals surface area contributed by atoms with Crippen molar-refractivity contribution in [1.82, 2.24) is 4.98 Å². The fourth-order valence-electron chi connectivity index (χ4n) is 1.43. The molecule has 1 aromatic carbocycles. The van der Waals surface area contributed by atoms with Crippen molar-refractivity contribution in [1.29, 1.82) is 0 Å². The molecule has 72 valence electrons. The van der Waals surface area contributed by atoms with Crippen LogP contribution in [0.2, 0.25) is 5.15 Å². The van der Waals surface area contributed by atoms with Crippen LogP contribution in [0.5, 0.6) is 0 Å². The Morgan fingerprint density at radius 2 is 2.07 bits per heavy atom. The summed E-state index contributed by atoms with van der Waals surface area (Å²) in [5.74, 6) is 0. The van der Waals surface area contributed by atoms with Crippen LogP contribution in [0.15, 0.2) is 30.3 Å². The highest BCUT2D eigenvalue weighted by Crippen LogP contribution is 2.20. The lowest BCUT2D eigenvalue weighted by Gasteiger charge is -2.03. The molecule has 0 atom stereocenters. The molecule has 0 saturated heterocycles. The summed E-state index contributed by atoms with van der Waals surface area (Å²) in [6, 6.07) is 9.77. The smallest absolute Gasteiger partial charge is 0.133 e. The number of benzene rings is 1. The highest BCUT2D eigenvalue weighted by Gasteiger charge is 2.03. The molecular weight excluding hydrogens is 198 g/mol. The Bertz CT molecular complexity index is 456. The Balaban J connectivity index is 2.59. The number of para-hydroxylation sites is 1. The van der Waals surface area contributed by atoms with Crippen LogP contribution in [0.4, 0.5) is 0 Å². The third-order valence-electron chi connectivity index (χ3n) is 2.13. The van der Waals surface area contributed by atoms with Crippen LogP contribution >= 0.6 is 11.6 Å². The standard InChI is InChI=1S/C11H10ClNO/c12-11-9(5-6-14)7-8-3-1-2-4-10(8)13-11/h1-4,7,14H,5-6H2. The van der Waals surface area contributed by atoms with Gasteiger partial charge in [0.15, 0.2) is 0 Å². The van der Waals surface area contributed by atoms with Crippen LogP contribution in [0, 0.1) is 0 Å². The fraction of sp³-hybridized carbons (Fsp3) is 0.182. The molecule has 0 fully saturated rings. The Kier molecular flexibility index (Phi) is 2.66. The number of fused-ring (bicyclic) bond motifs is 1. The van der Waals surface area contributed by atoms with Crippen LogP contribution < -0.4 is 0 Å². The van der Waals surface area contributed by atoms with E-state index in [9.17, 15) is 0 Å². The van der Waals surface area contributed by atoms with Gasteiger partial charge in [-0.15, -0.1) is 0 Å². The second-order valence-corrected chi connectivity index (χ2v) is 3.46. The van der Waals surface area contributed by atoms with Crippen molar-refractivity contribution in [3.63, 3.8) is 0 Å². The van der Waals surface area contributed by atoms with Crippen molar-refractivity contribution in [2.24, 2.45) is 0 Å². The Morgan fingerprint density at radius 1 is 1.29 bits per heavy atom. The molecule has 1 heterocycles. The van der Waals surface area contributed by atoms with Crippen LogP contribution in [-0.4, -0.2) is 16.7 Å². The van der Waals surface area contributed by atoms with Gasteiger partial charge in [-0.1, -0.05) is 29.8 Å². The number of rotatable bonds is 2. The van der Waals surface area contributed by atoms with Crippen molar-refractivity contribution in [2.45, 2.75) is 6.42 Å². The lowest BCUT2D eigenvalue weighted by Crippen LogP contribution is -1.94. The summed E-state index contributed by atoms with van der Waals surface area (Å²) in [5, 5.41) is 10.4. The molecule has 0 amide bonds. The summed E-state index contributed by atoms with van der Waals surface area (Å²) in [6.07, 6.45) is 0.552. The molecule has 2 aromatic rings. The minimum absolute atomic E-state index is 0.0970. The first kappa shape index (κ1) is 9.44. The summed E-state index contributed by atoms with van der Waals surface area (Å²) in [5.41, 5.74) is 1.78. The Hall–Kier alpha value is -1.12. The molecule has 0 bridgehead atoms. The average Bonchev–Trinajstić information content (AvgIpc) is 2.19. The van der Waals surface area contributed by atoms with E-state index in [-0.39, 0.29) is 6.61 Å². The Morgan fingerprint density at radius 3 is 2.86 bits per heavy atom. The van der Waals surface area contributed by atoms with Gasteiger partial charge < -0.3 is 5.11 Å². The van der Waals surface area contributed by atoms with Crippen molar-refractivity contribution in [2.75, 3.05) is 6.61 Å². The second-order valence-electron chi connectivity index (χ2n) is 3.10. The third kappa shape index (κ3) is 1.72. The number of nitrogens with zero attached hydrogens (tertiary/aromatic N) is 1. The van der Waals surface area contributed by atoms with Gasteiger partial charge in [0.25, 0.3) is 0 Å². The van der Waals surface area contributed by atoms with E-state index >= 15 is 0 Å². The van der Waals surface area contributed by atoms with Gasteiger partial charge in [-0.2, -0.15) is 0 Å². The minimum Gasteiger partial charge on any atom is -0.396 e. The summed E-state index contributed by atoms with van der Waals surface area (Å²) in [4.78, 5) is 4.25. The summed E-state index contributed by atoms with van der Waals surface area (Å²) in [6.45, 7) is 0.0970. The van der Waals surface area contributed by atoms with Crippen LogP contribution in [0.25, 0.3) is 10.9 Å². The summed E-state index contributed by atoms with van der Waals surface area (Å²) < 4.78 is 0. The number of aromatic nitrogens is 1. The topological polar surface area (TPSA) is 33.1 Å². The molecule has 0 radical (unpaired) electrons. The monoisotopic (exact) mass is 207 g/mol. The zero-order chi connectivity index (χ0) is 9.97. The van der Waals surface area contributed by atoms with Gasteiger partial charge in [-0.05, 0) is 24.1 Å². The molecule has 3 heteroatoms. The molecule has 0 unspecified atom stereocenters. The number of pyridine rings is 1. The molecular formula is C11H10ClNO. The van der Waals surface area contributed by atoms with Gasteiger partial charge in [0.05, 0.1) is 5.52 Å². The third-order valence-corrected chi connectivity index (χ3v) is 2.46. The normalized spacial score (nSPS) is 10.7. The minimum atomic E-state index is 0.0970. The zero-order valence-corrected chi connectivity index (χ0v) is 8.33. The van der Waals surface area contributed by atoms with Crippen LogP contribution in [-0.2, 0) is 6.42 Å². The van der Waals surface area contributed by atoms with Crippen molar-refractivity contribution in [3.05, 3.63) is 41.0 Å². The van der Waals surface area contributed by atoms with Gasteiger partial charge >= 0.3 is 0 Å². The predicted octanol–water partition coefficient (Wildman–Crippen LogP) is 2.42. The Labute approximate surface area is 87.2 Å². The number of hydrogen-bond donors (Lipinski definition) is 1. The first-order chi connectivity index (χ1) is 6.81. The largest absolute Gasteiger partial charge is 0.396 e. The molecule has 1 N–H and O–H groups in total. The number of aliphatic hydroxyl groups is 1. The molecule has 0 saturated carbocycles. The first-order valence-corrected chi connectivity index (χ1v) is 4.84. The quantitative estimate of drug-likeness (QED) is 0.768.